The monoisotopic (exact) mass is 250 g/mol. The molecule has 4 atom stereocenters. The zero-order valence-corrected chi connectivity index (χ0v) is 9.86. The number of rotatable bonds is 8. The minimum atomic E-state index is -1.11. The Morgan fingerprint density at radius 1 is 0.941 bits per heavy atom. The quantitative estimate of drug-likeness (QED) is 0.412. The molecule has 0 aromatic carbocycles. The molecule has 6 heteroatoms. The minimum Gasteiger partial charge on any atom is -0.396 e. The summed E-state index contributed by atoms with van der Waals surface area (Å²) in [5.74, 6) is 0. The molecule has 1 heterocycles. The Kier molecular flexibility index (Phi) is 6.94. The second kappa shape index (κ2) is 7.97. The molecular weight excluding hydrogens is 228 g/mol. The molecule has 17 heavy (non-hydrogen) atoms. The lowest BCUT2D eigenvalue weighted by Gasteiger charge is -2.15. The maximum absolute atomic E-state index is 9.56. The first-order valence-corrected chi connectivity index (χ1v) is 6.05. The lowest BCUT2D eigenvalue weighted by atomic mass is 10.1. The zero-order valence-electron chi connectivity index (χ0n) is 9.86. The molecule has 0 aliphatic carbocycles. The van der Waals surface area contributed by atoms with E-state index in [9.17, 15) is 10.2 Å². The van der Waals surface area contributed by atoms with Crippen LogP contribution >= 0.6 is 0 Å². The molecule has 1 fully saturated rings. The number of aliphatic hydroxyl groups is 4. The number of aliphatic hydroxyl groups excluding tert-OH is 4. The summed E-state index contributed by atoms with van der Waals surface area (Å²) in [6.45, 7) is 0.294. The highest BCUT2D eigenvalue weighted by molar-refractivity contribution is 4.86. The van der Waals surface area contributed by atoms with Crippen LogP contribution in [0.25, 0.3) is 0 Å². The fourth-order valence-electron chi connectivity index (χ4n) is 1.77. The van der Waals surface area contributed by atoms with Gasteiger partial charge >= 0.3 is 0 Å². The number of hydrogen-bond acceptors (Lipinski definition) is 6. The number of unbranched alkanes of at least 4 members (excludes halogenated alkanes) is 3. The van der Waals surface area contributed by atoms with Crippen molar-refractivity contribution in [1.29, 1.82) is 0 Å². The van der Waals surface area contributed by atoms with Crippen molar-refractivity contribution in [2.45, 2.75) is 50.3 Å². The topological polar surface area (TPSA) is 99.4 Å². The summed E-state index contributed by atoms with van der Waals surface area (Å²) in [6.07, 6.45) is -0.362. The molecule has 1 aliphatic rings. The van der Waals surface area contributed by atoms with E-state index in [0.717, 1.165) is 25.7 Å². The molecule has 1 saturated heterocycles. The van der Waals surface area contributed by atoms with E-state index in [0.29, 0.717) is 6.61 Å². The number of ether oxygens (including phenoxy) is 2. The summed E-state index contributed by atoms with van der Waals surface area (Å²) in [4.78, 5) is 0. The predicted octanol–water partition coefficient (Wildman–Crippen LogP) is -1.01. The van der Waals surface area contributed by atoms with E-state index in [1.54, 1.807) is 0 Å². The largest absolute Gasteiger partial charge is 0.396 e. The molecule has 1 unspecified atom stereocenters. The molecule has 0 radical (unpaired) electrons. The normalized spacial score (nSPS) is 33.2. The molecule has 4 N–H and O–H groups in total. The van der Waals surface area contributed by atoms with Gasteiger partial charge in [0.05, 0.1) is 6.61 Å². The summed E-state index contributed by atoms with van der Waals surface area (Å²) in [5.41, 5.74) is 0. The van der Waals surface area contributed by atoms with Crippen LogP contribution < -0.4 is 0 Å². The van der Waals surface area contributed by atoms with Crippen LogP contribution in [0.2, 0.25) is 0 Å². The summed E-state index contributed by atoms with van der Waals surface area (Å²) < 4.78 is 10.4. The van der Waals surface area contributed by atoms with Crippen molar-refractivity contribution in [3.05, 3.63) is 0 Å². The fraction of sp³-hybridized carbons (Fsp3) is 1.00. The molecule has 0 saturated carbocycles. The molecule has 0 spiro atoms. The van der Waals surface area contributed by atoms with Crippen molar-refractivity contribution in [2.24, 2.45) is 0 Å². The van der Waals surface area contributed by atoms with Gasteiger partial charge in [0.25, 0.3) is 0 Å². The van der Waals surface area contributed by atoms with Crippen molar-refractivity contribution in [3.63, 3.8) is 0 Å². The fourth-order valence-corrected chi connectivity index (χ4v) is 1.77. The summed E-state index contributed by atoms with van der Waals surface area (Å²) >= 11 is 0. The van der Waals surface area contributed by atoms with Gasteiger partial charge in [-0.25, -0.2) is 0 Å². The van der Waals surface area contributed by atoms with Gasteiger partial charge in [0.1, 0.15) is 18.3 Å². The molecular formula is C11H22O6. The third-order valence-corrected chi connectivity index (χ3v) is 2.83. The highest BCUT2D eigenvalue weighted by Crippen LogP contribution is 2.22. The average Bonchev–Trinajstić information content (AvgIpc) is 2.61. The van der Waals surface area contributed by atoms with E-state index >= 15 is 0 Å². The van der Waals surface area contributed by atoms with Crippen LogP contribution in [0.3, 0.4) is 0 Å². The van der Waals surface area contributed by atoms with Crippen LogP contribution in [-0.2, 0) is 9.47 Å². The van der Waals surface area contributed by atoms with Gasteiger partial charge in [0.2, 0.25) is 0 Å². The Morgan fingerprint density at radius 2 is 1.65 bits per heavy atom. The first kappa shape index (κ1) is 14.8. The highest BCUT2D eigenvalue weighted by Gasteiger charge is 2.42. The molecule has 102 valence electrons. The second-order valence-electron chi connectivity index (χ2n) is 4.22. The molecule has 0 amide bonds. The molecule has 0 aromatic heterocycles. The van der Waals surface area contributed by atoms with Crippen molar-refractivity contribution in [3.8, 4) is 0 Å². The first-order chi connectivity index (χ1) is 8.20. The van der Waals surface area contributed by atoms with Gasteiger partial charge in [-0.15, -0.1) is 0 Å². The summed E-state index contributed by atoms with van der Waals surface area (Å²) in [6, 6.07) is 0. The Hall–Kier alpha value is -0.240. The van der Waals surface area contributed by atoms with Gasteiger partial charge in [-0.1, -0.05) is 12.8 Å². The molecule has 6 nitrogen and oxygen atoms in total. The minimum absolute atomic E-state index is 0.204. The van der Waals surface area contributed by atoms with Gasteiger partial charge < -0.3 is 29.9 Å². The lowest BCUT2D eigenvalue weighted by molar-refractivity contribution is -0.169. The van der Waals surface area contributed by atoms with E-state index in [1.165, 1.54) is 0 Å². The Morgan fingerprint density at radius 3 is 2.24 bits per heavy atom. The predicted molar refractivity (Wildman–Crippen MR) is 59.3 cm³/mol. The Balaban J connectivity index is 2.11. The maximum Gasteiger partial charge on any atom is 0.186 e. The van der Waals surface area contributed by atoms with E-state index in [1.807, 2.05) is 0 Å². The molecule has 1 aliphatic heterocycles. The Bertz CT molecular complexity index is 200. The van der Waals surface area contributed by atoms with Crippen LogP contribution in [-0.4, -0.2) is 64.8 Å². The standard InChI is InChI=1S/C11H22O6/c12-5-3-1-2-4-6-16-11-10(15)9(14)8(7-13)17-11/h8-15H,1-7H2/t8-,9+,10-,11?/m1/s1. The van der Waals surface area contributed by atoms with Gasteiger partial charge in [-0.2, -0.15) is 0 Å². The van der Waals surface area contributed by atoms with Crippen molar-refractivity contribution >= 4 is 0 Å². The third-order valence-electron chi connectivity index (χ3n) is 2.83. The van der Waals surface area contributed by atoms with Crippen molar-refractivity contribution in [1.82, 2.24) is 0 Å². The van der Waals surface area contributed by atoms with Gasteiger partial charge in [-0.05, 0) is 12.8 Å². The number of hydrogen-bond donors (Lipinski definition) is 4. The smallest absolute Gasteiger partial charge is 0.186 e. The summed E-state index contributed by atoms with van der Waals surface area (Å²) in [7, 11) is 0. The third kappa shape index (κ3) is 4.50. The molecule has 0 aromatic rings. The van der Waals surface area contributed by atoms with Crippen LogP contribution in [0.4, 0.5) is 0 Å². The van der Waals surface area contributed by atoms with Gasteiger partial charge in [-0.3, -0.25) is 0 Å². The van der Waals surface area contributed by atoms with Crippen LogP contribution in [0, 0.1) is 0 Å². The van der Waals surface area contributed by atoms with Gasteiger partial charge in [0, 0.05) is 13.2 Å². The molecule has 0 bridgehead atoms. The van der Waals surface area contributed by atoms with Crippen molar-refractivity contribution < 1.29 is 29.9 Å². The van der Waals surface area contributed by atoms with Crippen LogP contribution in [0.5, 0.6) is 0 Å². The van der Waals surface area contributed by atoms with Gasteiger partial charge in [0.15, 0.2) is 6.29 Å². The zero-order chi connectivity index (χ0) is 12.7. The lowest BCUT2D eigenvalue weighted by Crippen LogP contribution is -2.34. The SMILES string of the molecule is OCCCCCCOC1O[C@H](CO)[C@H](O)[C@H]1O. The van der Waals surface area contributed by atoms with E-state index in [-0.39, 0.29) is 13.2 Å². The molecule has 1 rings (SSSR count). The van der Waals surface area contributed by atoms with E-state index in [4.69, 9.17) is 19.7 Å². The summed E-state index contributed by atoms with van der Waals surface area (Å²) in [5, 5.41) is 36.5. The van der Waals surface area contributed by atoms with E-state index < -0.39 is 24.6 Å². The van der Waals surface area contributed by atoms with Crippen LogP contribution in [0.15, 0.2) is 0 Å². The first-order valence-electron chi connectivity index (χ1n) is 6.05. The van der Waals surface area contributed by atoms with Crippen LogP contribution in [0.1, 0.15) is 25.7 Å². The second-order valence-corrected chi connectivity index (χ2v) is 4.22. The highest BCUT2D eigenvalue weighted by atomic mass is 16.7. The Labute approximate surface area is 101 Å². The average molecular weight is 250 g/mol. The maximum atomic E-state index is 9.56. The van der Waals surface area contributed by atoms with Crippen molar-refractivity contribution in [2.75, 3.05) is 19.8 Å². The van der Waals surface area contributed by atoms with E-state index in [2.05, 4.69) is 0 Å².